The van der Waals surface area contributed by atoms with E-state index in [9.17, 15) is 14.4 Å². The number of halogens is 1. The SMILES string of the molecule is COc1ccc(C(=O)Cn2cnc3c2c(=O)n(C)c(=O)n3C)cc1Br. The van der Waals surface area contributed by atoms with Crippen LogP contribution in [0.25, 0.3) is 11.2 Å². The van der Waals surface area contributed by atoms with Crippen LogP contribution in [0.4, 0.5) is 0 Å². The largest absolute Gasteiger partial charge is 0.496 e. The maximum absolute atomic E-state index is 12.6. The number of hydrogen-bond acceptors (Lipinski definition) is 5. The lowest BCUT2D eigenvalue weighted by molar-refractivity contribution is 0.0973. The molecule has 0 aliphatic carbocycles. The van der Waals surface area contributed by atoms with Crippen LogP contribution in [0.5, 0.6) is 5.75 Å². The molecule has 130 valence electrons. The summed E-state index contributed by atoms with van der Waals surface area (Å²) in [6.07, 6.45) is 1.39. The summed E-state index contributed by atoms with van der Waals surface area (Å²) >= 11 is 3.34. The summed E-state index contributed by atoms with van der Waals surface area (Å²) < 4.78 is 9.54. The summed E-state index contributed by atoms with van der Waals surface area (Å²) in [6, 6.07) is 5.00. The third kappa shape index (κ3) is 2.80. The van der Waals surface area contributed by atoms with E-state index >= 15 is 0 Å². The van der Waals surface area contributed by atoms with Crippen molar-refractivity contribution in [1.29, 1.82) is 0 Å². The quantitative estimate of drug-likeness (QED) is 0.605. The number of carbonyl (C=O) groups excluding carboxylic acids is 1. The maximum Gasteiger partial charge on any atom is 0.332 e. The van der Waals surface area contributed by atoms with E-state index in [0.29, 0.717) is 15.8 Å². The maximum atomic E-state index is 12.6. The van der Waals surface area contributed by atoms with E-state index in [1.807, 2.05) is 0 Å². The normalized spacial score (nSPS) is 11.0. The molecule has 0 N–H and O–H groups in total. The fourth-order valence-corrected chi connectivity index (χ4v) is 3.14. The third-order valence-corrected chi connectivity index (χ3v) is 4.62. The first-order valence-electron chi connectivity index (χ1n) is 7.32. The second-order valence-electron chi connectivity index (χ2n) is 5.52. The Morgan fingerprint density at radius 2 is 1.96 bits per heavy atom. The number of benzene rings is 1. The van der Waals surface area contributed by atoms with Crippen LogP contribution in [-0.4, -0.2) is 31.6 Å². The van der Waals surface area contributed by atoms with Gasteiger partial charge in [-0.3, -0.25) is 18.7 Å². The Bertz CT molecular complexity index is 1110. The highest BCUT2D eigenvalue weighted by molar-refractivity contribution is 9.10. The fraction of sp³-hybridized carbons (Fsp3) is 0.250. The molecule has 0 saturated heterocycles. The lowest BCUT2D eigenvalue weighted by Crippen LogP contribution is -2.37. The van der Waals surface area contributed by atoms with Crippen LogP contribution in [-0.2, 0) is 20.6 Å². The average Bonchev–Trinajstić information content (AvgIpc) is 3.01. The molecule has 0 fully saturated rings. The van der Waals surface area contributed by atoms with E-state index in [1.54, 1.807) is 25.3 Å². The van der Waals surface area contributed by atoms with Crippen LogP contribution >= 0.6 is 15.9 Å². The summed E-state index contributed by atoms with van der Waals surface area (Å²) in [7, 11) is 4.47. The second kappa shape index (κ2) is 6.32. The summed E-state index contributed by atoms with van der Waals surface area (Å²) in [6.45, 7) is -0.0668. The summed E-state index contributed by atoms with van der Waals surface area (Å²) in [4.78, 5) is 41.0. The van der Waals surface area contributed by atoms with Gasteiger partial charge < -0.3 is 9.30 Å². The van der Waals surface area contributed by atoms with Gasteiger partial charge in [-0.25, -0.2) is 9.78 Å². The number of carbonyl (C=O) groups is 1. The molecule has 0 aliphatic rings. The topological polar surface area (TPSA) is 88.1 Å². The van der Waals surface area contributed by atoms with Crippen LogP contribution in [0, 0.1) is 0 Å². The zero-order valence-electron chi connectivity index (χ0n) is 13.8. The Morgan fingerprint density at radius 1 is 1.24 bits per heavy atom. The molecular formula is C16H15BrN4O4. The van der Waals surface area contributed by atoms with Crippen molar-refractivity contribution < 1.29 is 9.53 Å². The van der Waals surface area contributed by atoms with Gasteiger partial charge in [-0.1, -0.05) is 0 Å². The van der Waals surface area contributed by atoms with Gasteiger partial charge in [0, 0.05) is 19.7 Å². The van der Waals surface area contributed by atoms with Gasteiger partial charge in [0.05, 0.1) is 24.5 Å². The minimum Gasteiger partial charge on any atom is -0.496 e. The highest BCUT2D eigenvalue weighted by Crippen LogP contribution is 2.25. The molecular weight excluding hydrogens is 392 g/mol. The molecule has 9 heteroatoms. The van der Waals surface area contributed by atoms with Crippen LogP contribution in [0.3, 0.4) is 0 Å². The lowest BCUT2D eigenvalue weighted by atomic mass is 10.1. The molecule has 8 nitrogen and oxygen atoms in total. The standard InChI is InChI=1S/C16H15BrN4O4/c1-19-14-13(15(23)20(2)16(19)24)21(8-18-14)7-11(22)9-4-5-12(25-3)10(17)6-9/h4-6,8H,7H2,1-3H3. The van der Waals surface area contributed by atoms with Crippen molar-refractivity contribution in [2.75, 3.05) is 7.11 Å². The molecule has 0 spiro atoms. The van der Waals surface area contributed by atoms with E-state index in [2.05, 4.69) is 20.9 Å². The Morgan fingerprint density at radius 3 is 2.60 bits per heavy atom. The first-order valence-corrected chi connectivity index (χ1v) is 8.12. The van der Waals surface area contributed by atoms with Crippen LogP contribution in [0.15, 0.2) is 38.6 Å². The van der Waals surface area contributed by atoms with Gasteiger partial charge in [0.25, 0.3) is 5.56 Å². The molecule has 0 amide bonds. The Labute approximate surface area is 150 Å². The van der Waals surface area contributed by atoms with Crippen LogP contribution in [0.1, 0.15) is 10.4 Å². The molecule has 2 aromatic heterocycles. The smallest absolute Gasteiger partial charge is 0.332 e. The number of ketones is 1. The monoisotopic (exact) mass is 406 g/mol. The average molecular weight is 407 g/mol. The summed E-state index contributed by atoms with van der Waals surface area (Å²) in [5.74, 6) is 0.423. The van der Waals surface area contributed by atoms with E-state index in [0.717, 1.165) is 4.57 Å². The zero-order valence-corrected chi connectivity index (χ0v) is 15.4. The van der Waals surface area contributed by atoms with Gasteiger partial charge in [0.1, 0.15) is 5.75 Å². The highest BCUT2D eigenvalue weighted by Gasteiger charge is 2.17. The van der Waals surface area contributed by atoms with E-state index < -0.39 is 11.2 Å². The molecule has 0 unspecified atom stereocenters. The van der Waals surface area contributed by atoms with Gasteiger partial charge in [-0.05, 0) is 34.1 Å². The number of methoxy groups -OCH3 is 1. The van der Waals surface area contributed by atoms with Crippen molar-refractivity contribution >= 4 is 32.9 Å². The number of ether oxygens (including phenoxy) is 1. The number of hydrogen-bond donors (Lipinski definition) is 0. The Kier molecular flexibility index (Phi) is 4.34. The lowest BCUT2D eigenvalue weighted by Gasteiger charge is -2.08. The molecule has 2 heterocycles. The van der Waals surface area contributed by atoms with Crippen LogP contribution < -0.4 is 16.0 Å². The van der Waals surface area contributed by atoms with Crippen molar-refractivity contribution in [3.8, 4) is 5.75 Å². The highest BCUT2D eigenvalue weighted by atomic mass is 79.9. The molecule has 0 aliphatic heterocycles. The third-order valence-electron chi connectivity index (χ3n) is 4.00. The van der Waals surface area contributed by atoms with Crippen molar-refractivity contribution in [1.82, 2.24) is 18.7 Å². The molecule has 3 aromatic rings. The number of aryl methyl sites for hydroxylation is 1. The predicted octanol–water partition coefficient (Wildman–Crippen LogP) is 1.09. The summed E-state index contributed by atoms with van der Waals surface area (Å²) in [5.41, 5.74) is -0.0222. The number of Topliss-reactive ketones (excluding diaryl/α,β-unsaturated/α-hetero) is 1. The van der Waals surface area contributed by atoms with Gasteiger partial charge >= 0.3 is 5.69 Å². The summed E-state index contributed by atoms with van der Waals surface area (Å²) in [5, 5.41) is 0. The van der Waals surface area contributed by atoms with E-state index in [4.69, 9.17) is 4.74 Å². The van der Waals surface area contributed by atoms with E-state index in [1.165, 1.54) is 29.6 Å². The second-order valence-corrected chi connectivity index (χ2v) is 6.38. The number of rotatable bonds is 4. The van der Waals surface area contributed by atoms with Crippen molar-refractivity contribution in [3.63, 3.8) is 0 Å². The molecule has 1 aromatic carbocycles. The van der Waals surface area contributed by atoms with Gasteiger partial charge in [0.15, 0.2) is 16.9 Å². The van der Waals surface area contributed by atoms with Crippen molar-refractivity contribution in [3.05, 3.63) is 55.4 Å². The first kappa shape index (κ1) is 17.2. The zero-order chi connectivity index (χ0) is 18.3. The van der Waals surface area contributed by atoms with Gasteiger partial charge in [-0.15, -0.1) is 0 Å². The molecule has 3 rings (SSSR count). The Hall–Kier alpha value is -2.68. The predicted molar refractivity (Wildman–Crippen MR) is 95.2 cm³/mol. The Balaban J connectivity index is 2.04. The van der Waals surface area contributed by atoms with E-state index in [-0.39, 0.29) is 23.5 Å². The minimum atomic E-state index is -0.487. The number of fused-ring (bicyclic) bond motifs is 1. The minimum absolute atomic E-state index is 0.0668. The van der Waals surface area contributed by atoms with Crippen molar-refractivity contribution in [2.45, 2.75) is 6.54 Å². The molecule has 0 atom stereocenters. The fourth-order valence-electron chi connectivity index (χ4n) is 2.60. The van der Waals surface area contributed by atoms with Gasteiger partial charge in [-0.2, -0.15) is 0 Å². The molecule has 0 bridgehead atoms. The molecule has 0 saturated carbocycles. The molecule has 0 radical (unpaired) electrons. The first-order chi connectivity index (χ1) is 11.8. The van der Waals surface area contributed by atoms with Gasteiger partial charge in [0.2, 0.25) is 0 Å². The van der Waals surface area contributed by atoms with Crippen molar-refractivity contribution in [2.24, 2.45) is 14.1 Å². The number of nitrogens with zero attached hydrogens (tertiary/aromatic N) is 4. The number of aromatic nitrogens is 4. The van der Waals surface area contributed by atoms with Crippen LogP contribution in [0.2, 0.25) is 0 Å². The number of imidazole rings is 1. The molecule has 25 heavy (non-hydrogen) atoms.